The molecular formula is C15H22N2O2S. The van der Waals surface area contributed by atoms with Crippen molar-refractivity contribution in [2.45, 2.75) is 38.1 Å². The highest BCUT2D eigenvalue weighted by atomic mass is 32.2. The van der Waals surface area contributed by atoms with E-state index in [2.05, 4.69) is 10.6 Å². The number of nitrogens with one attached hydrogen (secondary N) is 2. The minimum absolute atomic E-state index is 0.123. The summed E-state index contributed by atoms with van der Waals surface area (Å²) < 4.78 is 0. The molecule has 0 saturated carbocycles. The number of rotatable bonds is 7. The van der Waals surface area contributed by atoms with Gasteiger partial charge < -0.3 is 10.6 Å². The second-order valence-corrected chi connectivity index (χ2v) is 5.76. The molecular weight excluding hydrogens is 272 g/mol. The fourth-order valence-electron chi connectivity index (χ4n) is 1.61. The fraction of sp³-hybridized carbons (Fsp3) is 0.467. The summed E-state index contributed by atoms with van der Waals surface area (Å²) in [6.07, 6.45) is 0.879. The topological polar surface area (TPSA) is 58.2 Å². The van der Waals surface area contributed by atoms with Crippen molar-refractivity contribution in [2.75, 3.05) is 12.3 Å². The molecule has 0 aliphatic heterocycles. The van der Waals surface area contributed by atoms with Crippen molar-refractivity contribution in [3.05, 3.63) is 29.8 Å². The largest absolute Gasteiger partial charge is 0.354 e. The maximum atomic E-state index is 12.0. The van der Waals surface area contributed by atoms with E-state index in [0.717, 1.165) is 11.3 Å². The van der Waals surface area contributed by atoms with Crippen LogP contribution in [-0.2, 0) is 9.59 Å². The maximum absolute atomic E-state index is 12.0. The van der Waals surface area contributed by atoms with Gasteiger partial charge in [0.15, 0.2) is 0 Å². The summed E-state index contributed by atoms with van der Waals surface area (Å²) in [4.78, 5) is 24.3. The van der Waals surface area contributed by atoms with Crippen LogP contribution in [0.25, 0.3) is 0 Å². The average Bonchev–Trinajstić information content (AvgIpc) is 2.42. The fourth-order valence-corrected chi connectivity index (χ4v) is 2.54. The molecule has 0 spiro atoms. The lowest BCUT2D eigenvalue weighted by molar-refractivity contribution is -0.127. The van der Waals surface area contributed by atoms with Gasteiger partial charge in [-0.25, -0.2) is 0 Å². The minimum Gasteiger partial charge on any atom is -0.354 e. The van der Waals surface area contributed by atoms with Gasteiger partial charge in [0.25, 0.3) is 0 Å². The normalized spacial score (nSPS) is 11.8. The van der Waals surface area contributed by atoms with E-state index in [1.54, 1.807) is 11.8 Å². The van der Waals surface area contributed by atoms with E-state index in [-0.39, 0.29) is 11.8 Å². The van der Waals surface area contributed by atoms with Crippen molar-refractivity contribution >= 4 is 23.6 Å². The second kappa shape index (κ2) is 8.64. The molecule has 0 radical (unpaired) electrons. The van der Waals surface area contributed by atoms with Crippen LogP contribution in [0, 0.1) is 6.92 Å². The second-order valence-electron chi connectivity index (χ2n) is 4.67. The zero-order valence-corrected chi connectivity index (χ0v) is 13.0. The van der Waals surface area contributed by atoms with E-state index in [9.17, 15) is 9.59 Å². The van der Waals surface area contributed by atoms with Crippen LogP contribution in [-0.4, -0.2) is 30.2 Å². The molecule has 0 saturated heterocycles. The highest BCUT2D eigenvalue weighted by Gasteiger charge is 2.19. The van der Waals surface area contributed by atoms with Crippen molar-refractivity contribution in [2.24, 2.45) is 0 Å². The van der Waals surface area contributed by atoms with Gasteiger partial charge in [-0.1, -0.05) is 24.6 Å². The Morgan fingerprint density at radius 1 is 1.25 bits per heavy atom. The van der Waals surface area contributed by atoms with Crippen molar-refractivity contribution < 1.29 is 9.59 Å². The van der Waals surface area contributed by atoms with Gasteiger partial charge in [0.2, 0.25) is 11.8 Å². The Hall–Kier alpha value is -1.49. The number of carbonyl (C=O) groups excluding carboxylic acids is 2. The first-order valence-corrected chi connectivity index (χ1v) is 7.75. The van der Waals surface area contributed by atoms with Crippen LogP contribution in [0.1, 0.15) is 25.8 Å². The number of hydrogen-bond acceptors (Lipinski definition) is 3. The molecule has 4 nitrogen and oxygen atoms in total. The first-order valence-electron chi connectivity index (χ1n) is 6.77. The standard InChI is InChI=1S/C15H22N2O2S/c1-4-9-16-15(19)14(17-12(3)18)10-20-13-7-5-11(2)6-8-13/h5-8,14H,4,9-10H2,1-3H3,(H,16,19)(H,17,18). The van der Waals surface area contributed by atoms with E-state index < -0.39 is 6.04 Å². The third-order valence-electron chi connectivity index (χ3n) is 2.68. The Kier molecular flexibility index (Phi) is 7.15. The number of hydrogen-bond donors (Lipinski definition) is 2. The van der Waals surface area contributed by atoms with E-state index in [0.29, 0.717) is 12.3 Å². The molecule has 20 heavy (non-hydrogen) atoms. The van der Waals surface area contributed by atoms with Gasteiger partial charge in [0, 0.05) is 24.1 Å². The van der Waals surface area contributed by atoms with Gasteiger partial charge in [-0.2, -0.15) is 0 Å². The summed E-state index contributed by atoms with van der Waals surface area (Å²) in [5.41, 5.74) is 1.20. The van der Waals surface area contributed by atoms with Crippen LogP contribution in [0.2, 0.25) is 0 Å². The molecule has 0 fully saturated rings. The van der Waals surface area contributed by atoms with Crippen LogP contribution in [0.15, 0.2) is 29.2 Å². The highest BCUT2D eigenvalue weighted by Crippen LogP contribution is 2.19. The molecule has 1 rings (SSSR count). The molecule has 2 N–H and O–H groups in total. The summed E-state index contributed by atoms with van der Waals surface area (Å²) >= 11 is 1.57. The third kappa shape index (κ3) is 6.10. The van der Waals surface area contributed by atoms with Crippen molar-refractivity contribution in [1.29, 1.82) is 0 Å². The number of amides is 2. The molecule has 5 heteroatoms. The van der Waals surface area contributed by atoms with Crippen LogP contribution in [0.4, 0.5) is 0 Å². The highest BCUT2D eigenvalue weighted by molar-refractivity contribution is 7.99. The Balaban J connectivity index is 2.57. The van der Waals surface area contributed by atoms with Gasteiger partial charge in [0.05, 0.1) is 0 Å². The van der Waals surface area contributed by atoms with Gasteiger partial charge in [-0.15, -0.1) is 11.8 Å². The lowest BCUT2D eigenvalue weighted by atomic mass is 10.2. The molecule has 0 aromatic heterocycles. The lowest BCUT2D eigenvalue weighted by Crippen LogP contribution is -2.47. The van der Waals surface area contributed by atoms with E-state index >= 15 is 0 Å². The molecule has 0 heterocycles. The van der Waals surface area contributed by atoms with E-state index in [1.165, 1.54) is 12.5 Å². The molecule has 110 valence electrons. The Labute approximate surface area is 124 Å². The summed E-state index contributed by atoms with van der Waals surface area (Å²) in [6.45, 7) is 6.09. The smallest absolute Gasteiger partial charge is 0.243 e. The van der Waals surface area contributed by atoms with Crippen molar-refractivity contribution in [1.82, 2.24) is 10.6 Å². The molecule has 0 bridgehead atoms. The zero-order valence-electron chi connectivity index (χ0n) is 12.2. The third-order valence-corrected chi connectivity index (χ3v) is 3.79. The van der Waals surface area contributed by atoms with E-state index in [1.807, 2.05) is 38.1 Å². The average molecular weight is 294 g/mol. The summed E-state index contributed by atoms with van der Waals surface area (Å²) in [5, 5.41) is 5.51. The first kappa shape index (κ1) is 16.6. The van der Waals surface area contributed by atoms with Crippen molar-refractivity contribution in [3.63, 3.8) is 0 Å². The van der Waals surface area contributed by atoms with Crippen LogP contribution >= 0.6 is 11.8 Å². The molecule has 1 atom stereocenters. The number of carbonyl (C=O) groups is 2. The number of thioether (sulfide) groups is 1. The summed E-state index contributed by atoms with van der Waals surface area (Å²) in [5.74, 6) is 0.214. The summed E-state index contributed by atoms with van der Waals surface area (Å²) in [6, 6.07) is 7.62. The van der Waals surface area contributed by atoms with Gasteiger partial charge in [-0.05, 0) is 25.5 Å². The van der Waals surface area contributed by atoms with Gasteiger partial charge in [-0.3, -0.25) is 9.59 Å². The quantitative estimate of drug-likeness (QED) is 0.757. The molecule has 1 aromatic rings. The zero-order chi connectivity index (χ0) is 15.0. The van der Waals surface area contributed by atoms with E-state index in [4.69, 9.17) is 0 Å². The lowest BCUT2D eigenvalue weighted by Gasteiger charge is -2.17. The minimum atomic E-state index is -0.495. The molecule has 0 aliphatic carbocycles. The Morgan fingerprint density at radius 3 is 2.45 bits per heavy atom. The van der Waals surface area contributed by atoms with Gasteiger partial charge >= 0.3 is 0 Å². The number of aryl methyl sites for hydroxylation is 1. The Bertz CT molecular complexity index is 446. The molecule has 1 unspecified atom stereocenters. The number of benzene rings is 1. The first-order chi connectivity index (χ1) is 9.52. The van der Waals surface area contributed by atoms with Crippen LogP contribution in [0.5, 0.6) is 0 Å². The molecule has 1 aromatic carbocycles. The predicted molar refractivity (Wildman–Crippen MR) is 82.8 cm³/mol. The van der Waals surface area contributed by atoms with Gasteiger partial charge in [0.1, 0.15) is 6.04 Å². The maximum Gasteiger partial charge on any atom is 0.243 e. The Morgan fingerprint density at radius 2 is 1.90 bits per heavy atom. The SMILES string of the molecule is CCCNC(=O)C(CSc1ccc(C)cc1)NC(C)=O. The summed E-state index contributed by atoms with van der Waals surface area (Å²) in [7, 11) is 0. The van der Waals surface area contributed by atoms with Crippen molar-refractivity contribution in [3.8, 4) is 0 Å². The van der Waals surface area contributed by atoms with Crippen LogP contribution < -0.4 is 10.6 Å². The molecule has 0 aliphatic rings. The predicted octanol–water partition coefficient (Wildman–Crippen LogP) is 2.12. The monoisotopic (exact) mass is 294 g/mol. The van der Waals surface area contributed by atoms with Crippen LogP contribution in [0.3, 0.4) is 0 Å². The molecule has 2 amide bonds.